The van der Waals surface area contributed by atoms with Gasteiger partial charge in [-0.2, -0.15) is 0 Å². The zero-order valence-electron chi connectivity index (χ0n) is 15.0. The topological polar surface area (TPSA) is 57.3 Å². The number of nitro benzene ring substituents is 1. The van der Waals surface area contributed by atoms with E-state index in [1.165, 1.54) is 12.1 Å². The predicted octanol–water partition coefficient (Wildman–Crippen LogP) is 5.52. The third-order valence-electron chi connectivity index (χ3n) is 4.73. The van der Waals surface area contributed by atoms with E-state index in [-0.39, 0.29) is 10.6 Å². The van der Waals surface area contributed by atoms with Crippen LogP contribution in [0.2, 0.25) is 0 Å². The molecule has 0 saturated carbocycles. The number of non-ortho nitro benzene ring substituents is 1. The molecule has 0 amide bonds. The first kappa shape index (κ1) is 16.8. The molecule has 0 N–H and O–H groups in total. The van der Waals surface area contributed by atoms with Gasteiger partial charge in [0.15, 0.2) is 0 Å². The molecule has 0 unspecified atom stereocenters. The first-order chi connectivity index (χ1) is 13.1. The van der Waals surface area contributed by atoms with E-state index >= 15 is 0 Å². The third kappa shape index (κ3) is 3.04. The average Bonchev–Trinajstić information content (AvgIpc) is 3.03. The second-order valence-electron chi connectivity index (χ2n) is 6.40. The number of hydrogen-bond acceptors (Lipinski definition) is 3. The van der Waals surface area contributed by atoms with Gasteiger partial charge >= 0.3 is 0 Å². The lowest BCUT2D eigenvalue weighted by Crippen LogP contribution is -1.97. The van der Waals surface area contributed by atoms with Gasteiger partial charge in [-0.1, -0.05) is 24.3 Å². The number of benzene rings is 3. The van der Waals surface area contributed by atoms with Crippen LogP contribution in [0.1, 0.15) is 5.69 Å². The van der Waals surface area contributed by atoms with Gasteiger partial charge in [0.2, 0.25) is 0 Å². The SMILES string of the molecule is COc1ccc(-c2ccc3cc(C)n(-c4ccc([N+](=O)[O-])cc4)c3c2)cc1. The molecule has 0 spiro atoms. The van der Waals surface area contributed by atoms with Crippen LogP contribution in [0.15, 0.2) is 72.8 Å². The minimum atomic E-state index is -0.383. The summed E-state index contributed by atoms with van der Waals surface area (Å²) in [5.74, 6) is 0.824. The van der Waals surface area contributed by atoms with E-state index in [0.717, 1.165) is 39.2 Å². The van der Waals surface area contributed by atoms with Crippen molar-refractivity contribution in [3.05, 3.63) is 88.6 Å². The van der Waals surface area contributed by atoms with Crippen LogP contribution in [-0.4, -0.2) is 16.6 Å². The summed E-state index contributed by atoms with van der Waals surface area (Å²) in [6.07, 6.45) is 0. The number of methoxy groups -OCH3 is 1. The highest BCUT2D eigenvalue weighted by molar-refractivity contribution is 5.88. The van der Waals surface area contributed by atoms with E-state index < -0.39 is 0 Å². The molecule has 3 aromatic carbocycles. The van der Waals surface area contributed by atoms with Crippen LogP contribution in [0.25, 0.3) is 27.7 Å². The fourth-order valence-corrected chi connectivity index (χ4v) is 3.37. The standard InChI is InChI=1S/C22H18N2O3/c1-15-13-18-4-3-17(16-5-11-21(27-2)12-6-16)14-22(18)23(15)19-7-9-20(10-8-19)24(25)26/h3-14H,1-2H3. The van der Waals surface area contributed by atoms with Crippen molar-refractivity contribution in [2.75, 3.05) is 7.11 Å². The van der Waals surface area contributed by atoms with Gasteiger partial charge in [-0.15, -0.1) is 0 Å². The van der Waals surface area contributed by atoms with Crippen LogP contribution in [0.3, 0.4) is 0 Å². The van der Waals surface area contributed by atoms with Crippen LogP contribution in [0.4, 0.5) is 5.69 Å². The fraction of sp³-hybridized carbons (Fsp3) is 0.0909. The van der Waals surface area contributed by atoms with E-state index in [9.17, 15) is 10.1 Å². The van der Waals surface area contributed by atoms with E-state index in [0.29, 0.717) is 0 Å². The quantitative estimate of drug-likeness (QED) is 0.356. The summed E-state index contributed by atoms with van der Waals surface area (Å²) in [4.78, 5) is 10.5. The molecule has 0 radical (unpaired) electrons. The molecule has 1 aromatic heterocycles. The van der Waals surface area contributed by atoms with Gasteiger partial charge in [0, 0.05) is 28.9 Å². The zero-order valence-corrected chi connectivity index (χ0v) is 15.0. The van der Waals surface area contributed by atoms with E-state index in [1.807, 2.05) is 31.2 Å². The Hall–Kier alpha value is -3.60. The normalized spacial score (nSPS) is 10.9. The van der Waals surface area contributed by atoms with Gasteiger partial charge in [0.05, 0.1) is 17.5 Å². The van der Waals surface area contributed by atoms with Gasteiger partial charge in [-0.25, -0.2) is 0 Å². The summed E-state index contributed by atoms with van der Waals surface area (Å²) in [6.45, 7) is 2.04. The Morgan fingerprint density at radius 3 is 2.19 bits per heavy atom. The second-order valence-corrected chi connectivity index (χ2v) is 6.40. The number of aromatic nitrogens is 1. The molecule has 5 heteroatoms. The molecule has 0 aliphatic carbocycles. The third-order valence-corrected chi connectivity index (χ3v) is 4.73. The molecule has 0 atom stereocenters. The number of fused-ring (bicyclic) bond motifs is 1. The van der Waals surface area contributed by atoms with Crippen molar-refractivity contribution in [2.45, 2.75) is 6.92 Å². The maximum absolute atomic E-state index is 10.9. The number of nitrogens with zero attached hydrogens (tertiary/aromatic N) is 2. The van der Waals surface area contributed by atoms with E-state index in [2.05, 4.69) is 28.8 Å². The summed E-state index contributed by atoms with van der Waals surface area (Å²) in [7, 11) is 1.65. The molecule has 4 rings (SSSR count). The molecule has 0 bridgehead atoms. The molecule has 5 nitrogen and oxygen atoms in total. The molecule has 0 fully saturated rings. The smallest absolute Gasteiger partial charge is 0.269 e. The van der Waals surface area contributed by atoms with Crippen molar-refractivity contribution in [1.29, 1.82) is 0 Å². The molecular weight excluding hydrogens is 340 g/mol. The number of hydrogen-bond donors (Lipinski definition) is 0. The first-order valence-corrected chi connectivity index (χ1v) is 8.58. The molecular formula is C22H18N2O3. The summed E-state index contributed by atoms with van der Waals surface area (Å²) < 4.78 is 7.35. The van der Waals surface area contributed by atoms with Crippen molar-refractivity contribution < 1.29 is 9.66 Å². The largest absolute Gasteiger partial charge is 0.497 e. The second kappa shape index (κ2) is 6.61. The fourth-order valence-electron chi connectivity index (χ4n) is 3.37. The lowest BCUT2D eigenvalue weighted by molar-refractivity contribution is -0.384. The molecule has 1 heterocycles. The highest BCUT2D eigenvalue weighted by Crippen LogP contribution is 2.30. The van der Waals surface area contributed by atoms with Crippen LogP contribution < -0.4 is 4.74 Å². The minimum Gasteiger partial charge on any atom is -0.497 e. The number of rotatable bonds is 4. The van der Waals surface area contributed by atoms with E-state index in [4.69, 9.17) is 4.74 Å². The Morgan fingerprint density at radius 1 is 0.889 bits per heavy atom. The molecule has 4 aromatic rings. The lowest BCUT2D eigenvalue weighted by Gasteiger charge is -2.10. The van der Waals surface area contributed by atoms with Gasteiger partial charge in [-0.3, -0.25) is 10.1 Å². The number of nitro groups is 1. The highest BCUT2D eigenvalue weighted by atomic mass is 16.6. The molecule has 0 saturated heterocycles. The van der Waals surface area contributed by atoms with Gasteiger partial charge in [-0.05, 0) is 54.4 Å². The van der Waals surface area contributed by atoms with E-state index in [1.54, 1.807) is 19.2 Å². The highest BCUT2D eigenvalue weighted by Gasteiger charge is 2.11. The Labute approximate surface area is 156 Å². The molecule has 0 aliphatic heterocycles. The van der Waals surface area contributed by atoms with Gasteiger partial charge in [0.1, 0.15) is 5.75 Å². The number of ether oxygens (including phenoxy) is 1. The predicted molar refractivity (Wildman–Crippen MR) is 107 cm³/mol. The Bertz CT molecular complexity index is 1130. The van der Waals surface area contributed by atoms with Crippen LogP contribution in [0.5, 0.6) is 5.75 Å². The molecule has 27 heavy (non-hydrogen) atoms. The van der Waals surface area contributed by atoms with Gasteiger partial charge in [0.25, 0.3) is 5.69 Å². The maximum atomic E-state index is 10.9. The van der Waals surface area contributed by atoms with Crippen molar-refractivity contribution in [1.82, 2.24) is 4.57 Å². The number of aryl methyl sites for hydroxylation is 1. The lowest BCUT2D eigenvalue weighted by atomic mass is 10.0. The van der Waals surface area contributed by atoms with Crippen molar-refractivity contribution >= 4 is 16.6 Å². The minimum absolute atomic E-state index is 0.0896. The van der Waals surface area contributed by atoms with Crippen LogP contribution >= 0.6 is 0 Å². The van der Waals surface area contributed by atoms with Gasteiger partial charge < -0.3 is 9.30 Å². The van der Waals surface area contributed by atoms with Crippen LogP contribution in [-0.2, 0) is 0 Å². The van der Waals surface area contributed by atoms with Crippen molar-refractivity contribution in [2.24, 2.45) is 0 Å². The Kier molecular flexibility index (Phi) is 4.12. The van der Waals surface area contributed by atoms with Crippen molar-refractivity contribution in [3.63, 3.8) is 0 Å². The molecule has 134 valence electrons. The van der Waals surface area contributed by atoms with Crippen molar-refractivity contribution in [3.8, 4) is 22.6 Å². The average molecular weight is 358 g/mol. The van der Waals surface area contributed by atoms with Crippen LogP contribution in [0, 0.1) is 17.0 Å². The Balaban J connectivity index is 1.83. The summed E-state index contributed by atoms with van der Waals surface area (Å²) >= 11 is 0. The Morgan fingerprint density at radius 2 is 1.56 bits per heavy atom. The zero-order chi connectivity index (χ0) is 19.0. The maximum Gasteiger partial charge on any atom is 0.269 e. The monoisotopic (exact) mass is 358 g/mol. The first-order valence-electron chi connectivity index (χ1n) is 8.58. The molecule has 0 aliphatic rings. The summed E-state index contributed by atoms with van der Waals surface area (Å²) in [6, 6.07) is 23.1. The summed E-state index contributed by atoms with van der Waals surface area (Å²) in [5.41, 5.74) is 5.34. The summed E-state index contributed by atoms with van der Waals surface area (Å²) in [5, 5.41) is 12.0.